The van der Waals surface area contributed by atoms with Crippen molar-refractivity contribution < 1.29 is 13.2 Å². The highest BCUT2D eigenvalue weighted by molar-refractivity contribution is 4.75. The van der Waals surface area contributed by atoms with Crippen molar-refractivity contribution in [2.45, 2.75) is 37.9 Å². The predicted octanol–water partition coefficient (Wildman–Crippen LogP) is 1.67. The van der Waals surface area contributed by atoms with E-state index in [0.29, 0.717) is 13.0 Å². The van der Waals surface area contributed by atoms with E-state index in [-0.39, 0.29) is 0 Å². The molecule has 0 aromatic carbocycles. The minimum atomic E-state index is -4.08. The lowest BCUT2D eigenvalue weighted by Gasteiger charge is -2.32. The quantitative estimate of drug-likeness (QED) is 0.625. The lowest BCUT2D eigenvalue weighted by Crippen LogP contribution is -2.46. The zero-order valence-corrected chi connectivity index (χ0v) is 6.77. The largest absolute Gasteiger partial charge is 0.390 e. The van der Waals surface area contributed by atoms with Crippen molar-refractivity contribution in [3.8, 4) is 0 Å². The first-order valence-electron chi connectivity index (χ1n) is 4.07. The van der Waals surface area contributed by atoms with Crippen LogP contribution in [0.5, 0.6) is 0 Å². The van der Waals surface area contributed by atoms with Crippen molar-refractivity contribution >= 4 is 0 Å². The van der Waals surface area contributed by atoms with E-state index in [1.54, 1.807) is 0 Å². The van der Waals surface area contributed by atoms with Crippen molar-refractivity contribution in [2.24, 2.45) is 5.84 Å². The van der Waals surface area contributed by atoms with Gasteiger partial charge in [-0.3, -0.25) is 5.84 Å². The molecule has 2 nitrogen and oxygen atoms in total. The van der Waals surface area contributed by atoms with Crippen LogP contribution in [0.1, 0.15) is 25.7 Å². The van der Waals surface area contributed by atoms with Gasteiger partial charge in [-0.2, -0.15) is 13.2 Å². The third-order valence-corrected chi connectivity index (χ3v) is 2.14. The third kappa shape index (κ3) is 2.98. The van der Waals surface area contributed by atoms with Crippen LogP contribution in [0.4, 0.5) is 13.2 Å². The second-order valence-electron chi connectivity index (χ2n) is 3.21. The minimum Gasteiger partial charge on any atom is -0.269 e. The number of halogens is 3. The summed E-state index contributed by atoms with van der Waals surface area (Å²) < 4.78 is 35.8. The van der Waals surface area contributed by atoms with E-state index in [1.807, 2.05) is 0 Å². The summed E-state index contributed by atoms with van der Waals surface area (Å²) in [6.07, 6.45) is -2.53. The molecule has 0 radical (unpaired) electrons. The van der Waals surface area contributed by atoms with Gasteiger partial charge in [-0.1, -0.05) is 6.42 Å². The Kier molecular flexibility index (Phi) is 2.95. The maximum absolute atomic E-state index is 11.9. The van der Waals surface area contributed by atoms with Gasteiger partial charge in [0.25, 0.3) is 0 Å². The Morgan fingerprint density at radius 2 is 2.00 bits per heavy atom. The molecule has 0 aromatic rings. The lowest BCUT2D eigenvalue weighted by molar-refractivity contribution is -0.150. The van der Waals surface area contributed by atoms with Gasteiger partial charge < -0.3 is 0 Å². The molecule has 1 atom stereocenters. The van der Waals surface area contributed by atoms with Crippen LogP contribution in [0, 0.1) is 0 Å². The molecule has 0 spiro atoms. The van der Waals surface area contributed by atoms with Gasteiger partial charge in [0.1, 0.15) is 0 Å². The summed E-state index contributed by atoms with van der Waals surface area (Å²) in [7, 11) is 0. The van der Waals surface area contributed by atoms with Crippen LogP contribution in [-0.2, 0) is 0 Å². The molecule has 0 amide bonds. The van der Waals surface area contributed by atoms with E-state index >= 15 is 0 Å². The fourth-order valence-corrected chi connectivity index (χ4v) is 1.51. The summed E-state index contributed by atoms with van der Waals surface area (Å²) in [6.45, 7) is 0.584. The smallest absolute Gasteiger partial charge is 0.269 e. The van der Waals surface area contributed by atoms with Gasteiger partial charge >= 0.3 is 6.18 Å². The van der Waals surface area contributed by atoms with Gasteiger partial charge in [0.15, 0.2) is 0 Å². The standard InChI is InChI=1S/C7H13F3N2/c8-7(9,10)5-6-3-1-2-4-12(6)11/h6H,1-5,11H2. The van der Waals surface area contributed by atoms with E-state index in [0.717, 1.165) is 12.8 Å². The number of hydrazine groups is 1. The molecule has 1 heterocycles. The first kappa shape index (κ1) is 9.80. The topological polar surface area (TPSA) is 29.3 Å². The van der Waals surface area contributed by atoms with E-state index < -0.39 is 18.6 Å². The number of piperidine rings is 1. The molecule has 0 bridgehead atoms. The maximum atomic E-state index is 11.9. The molecule has 1 unspecified atom stereocenters. The van der Waals surface area contributed by atoms with E-state index in [4.69, 9.17) is 5.84 Å². The SMILES string of the molecule is NN1CCCCC1CC(F)(F)F. The first-order valence-corrected chi connectivity index (χ1v) is 4.07. The van der Waals surface area contributed by atoms with Crippen LogP contribution >= 0.6 is 0 Å². The Morgan fingerprint density at radius 1 is 1.33 bits per heavy atom. The highest BCUT2D eigenvalue weighted by Crippen LogP contribution is 2.27. The predicted molar refractivity (Wildman–Crippen MR) is 39.2 cm³/mol. The van der Waals surface area contributed by atoms with Crippen LogP contribution in [0.25, 0.3) is 0 Å². The van der Waals surface area contributed by atoms with Gasteiger partial charge in [-0.05, 0) is 12.8 Å². The Labute approximate surface area is 69.5 Å². The molecule has 0 saturated carbocycles. The zero-order chi connectivity index (χ0) is 9.19. The second kappa shape index (κ2) is 3.62. The van der Waals surface area contributed by atoms with Crippen molar-refractivity contribution in [1.29, 1.82) is 0 Å². The third-order valence-electron chi connectivity index (χ3n) is 2.14. The van der Waals surface area contributed by atoms with Gasteiger partial charge in [-0.25, -0.2) is 5.01 Å². The van der Waals surface area contributed by atoms with Crippen LogP contribution in [0.2, 0.25) is 0 Å². The van der Waals surface area contributed by atoms with Crippen molar-refractivity contribution in [1.82, 2.24) is 5.01 Å². The minimum absolute atomic E-state index is 0.501. The molecule has 0 aliphatic carbocycles. The summed E-state index contributed by atoms with van der Waals surface area (Å²) in [5, 5.41) is 1.32. The number of alkyl halides is 3. The summed E-state index contributed by atoms with van der Waals surface area (Å²) in [4.78, 5) is 0. The molecule has 2 N–H and O–H groups in total. The van der Waals surface area contributed by atoms with E-state index in [1.165, 1.54) is 5.01 Å². The Hall–Kier alpha value is -0.290. The zero-order valence-electron chi connectivity index (χ0n) is 6.77. The molecule has 1 fully saturated rings. The molecule has 1 aliphatic heterocycles. The van der Waals surface area contributed by atoms with Crippen molar-refractivity contribution in [3.63, 3.8) is 0 Å². The molecule has 12 heavy (non-hydrogen) atoms. The number of hydrogen-bond acceptors (Lipinski definition) is 2. The number of rotatable bonds is 1. The fourth-order valence-electron chi connectivity index (χ4n) is 1.51. The van der Waals surface area contributed by atoms with Crippen LogP contribution in [0.3, 0.4) is 0 Å². The number of nitrogens with zero attached hydrogens (tertiary/aromatic N) is 1. The summed E-state index contributed by atoms with van der Waals surface area (Å²) in [6, 6.07) is -0.501. The van der Waals surface area contributed by atoms with E-state index in [9.17, 15) is 13.2 Å². The normalized spacial score (nSPS) is 27.5. The van der Waals surface area contributed by atoms with Gasteiger partial charge in [0.05, 0.1) is 6.42 Å². The molecule has 72 valence electrons. The number of hydrogen-bond donors (Lipinski definition) is 1. The van der Waals surface area contributed by atoms with Crippen molar-refractivity contribution in [2.75, 3.05) is 6.54 Å². The summed E-state index contributed by atoms with van der Waals surface area (Å²) in [5.41, 5.74) is 0. The summed E-state index contributed by atoms with van der Waals surface area (Å²) in [5.74, 6) is 5.42. The molecule has 5 heteroatoms. The maximum Gasteiger partial charge on any atom is 0.390 e. The molecule has 1 aliphatic rings. The molecular formula is C7H13F3N2. The molecule has 1 rings (SSSR count). The average molecular weight is 182 g/mol. The van der Waals surface area contributed by atoms with Crippen LogP contribution in [-0.4, -0.2) is 23.8 Å². The number of nitrogens with two attached hydrogens (primary N) is 1. The monoisotopic (exact) mass is 182 g/mol. The lowest BCUT2D eigenvalue weighted by atomic mass is 10.0. The van der Waals surface area contributed by atoms with Crippen LogP contribution < -0.4 is 5.84 Å². The average Bonchev–Trinajstić information content (AvgIpc) is 1.91. The molecular weight excluding hydrogens is 169 g/mol. The van der Waals surface area contributed by atoms with Gasteiger partial charge in [0, 0.05) is 12.6 Å². The molecule has 1 saturated heterocycles. The van der Waals surface area contributed by atoms with Crippen LogP contribution in [0.15, 0.2) is 0 Å². The van der Waals surface area contributed by atoms with Crippen molar-refractivity contribution in [3.05, 3.63) is 0 Å². The Bertz CT molecular complexity index is 146. The highest BCUT2D eigenvalue weighted by atomic mass is 19.4. The summed E-state index contributed by atoms with van der Waals surface area (Å²) >= 11 is 0. The highest BCUT2D eigenvalue weighted by Gasteiger charge is 2.34. The van der Waals surface area contributed by atoms with Gasteiger partial charge in [-0.15, -0.1) is 0 Å². The molecule has 0 aromatic heterocycles. The Morgan fingerprint density at radius 3 is 2.50 bits per heavy atom. The van der Waals surface area contributed by atoms with E-state index in [2.05, 4.69) is 0 Å². The first-order chi connectivity index (χ1) is 5.49. The fraction of sp³-hybridized carbons (Fsp3) is 1.00. The second-order valence-corrected chi connectivity index (χ2v) is 3.21. The van der Waals surface area contributed by atoms with Gasteiger partial charge in [0.2, 0.25) is 0 Å². The Balaban J connectivity index is 2.39.